The monoisotopic (exact) mass is 342 g/mol. The standard InChI is InChI=1S/C14H12BrClOS/c1-9(17)11-7-6-10(8-12(11)15)18-14-5-3-2-4-13(14)16/h2-9,17H,1H3/t9-/m0/s1. The fourth-order valence-corrected chi connectivity index (χ4v) is 3.56. The molecule has 2 aromatic carbocycles. The zero-order valence-electron chi connectivity index (χ0n) is 9.73. The molecule has 1 nitrogen and oxygen atoms in total. The first-order valence-corrected chi connectivity index (χ1v) is 7.46. The normalized spacial score (nSPS) is 12.4. The highest BCUT2D eigenvalue weighted by molar-refractivity contribution is 9.10. The summed E-state index contributed by atoms with van der Waals surface area (Å²) in [5.74, 6) is 0. The van der Waals surface area contributed by atoms with Crippen LogP contribution < -0.4 is 0 Å². The second kappa shape index (κ2) is 6.11. The van der Waals surface area contributed by atoms with E-state index < -0.39 is 6.10 Å². The fraction of sp³-hybridized carbons (Fsp3) is 0.143. The van der Waals surface area contributed by atoms with Gasteiger partial charge in [-0.25, -0.2) is 0 Å². The van der Waals surface area contributed by atoms with Crippen LogP contribution in [0.1, 0.15) is 18.6 Å². The van der Waals surface area contributed by atoms with Crippen LogP contribution >= 0.6 is 39.3 Å². The van der Waals surface area contributed by atoms with Gasteiger partial charge in [-0.15, -0.1) is 0 Å². The van der Waals surface area contributed by atoms with E-state index in [2.05, 4.69) is 15.9 Å². The van der Waals surface area contributed by atoms with Crippen molar-refractivity contribution < 1.29 is 5.11 Å². The maximum Gasteiger partial charge on any atom is 0.0772 e. The smallest absolute Gasteiger partial charge is 0.0772 e. The Morgan fingerprint density at radius 3 is 2.56 bits per heavy atom. The van der Waals surface area contributed by atoms with Gasteiger partial charge in [-0.2, -0.15) is 0 Å². The topological polar surface area (TPSA) is 20.2 Å². The Labute approximate surface area is 124 Å². The molecule has 0 spiro atoms. The molecule has 2 rings (SSSR count). The molecule has 0 unspecified atom stereocenters. The summed E-state index contributed by atoms with van der Waals surface area (Å²) in [5, 5.41) is 10.3. The SMILES string of the molecule is C[C@H](O)c1ccc(Sc2ccccc2Cl)cc1Br. The molecule has 0 aromatic heterocycles. The molecule has 0 radical (unpaired) electrons. The van der Waals surface area contributed by atoms with E-state index in [9.17, 15) is 5.11 Å². The first-order valence-electron chi connectivity index (χ1n) is 5.48. The molecule has 0 aliphatic carbocycles. The van der Waals surface area contributed by atoms with E-state index in [0.29, 0.717) is 0 Å². The summed E-state index contributed by atoms with van der Waals surface area (Å²) >= 11 is 11.2. The van der Waals surface area contributed by atoms with Crippen LogP contribution in [0.15, 0.2) is 56.7 Å². The lowest BCUT2D eigenvalue weighted by Gasteiger charge is -2.10. The van der Waals surface area contributed by atoms with Crippen molar-refractivity contribution in [3.63, 3.8) is 0 Å². The van der Waals surface area contributed by atoms with Crippen molar-refractivity contribution in [3.05, 3.63) is 57.5 Å². The molecule has 1 N–H and O–H groups in total. The summed E-state index contributed by atoms with van der Waals surface area (Å²) in [6.45, 7) is 1.75. The lowest BCUT2D eigenvalue weighted by molar-refractivity contribution is 0.198. The molecule has 0 amide bonds. The molecule has 4 heteroatoms. The first-order chi connectivity index (χ1) is 8.58. The Morgan fingerprint density at radius 2 is 1.94 bits per heavy atom. The van der Waals surface area contributed by atoms with Crippen LogP contribution in [-0.2, 0) is 0 Å². The molecular formula is C14H12BrClOS. The van der Waals surface area contributed by atoms with Crippen LogP contribution in [0.4, 0.5) is 0 Å². The summed E-state index contributed by atoms with van der Waals surface area (Å²) < 4.78 is 0.912. The number of halogens is 2. The lowest BCUT2D eigenvalue weighted by Crippen LogP contribution is -1.92. The van der Waals surface area contributed by atoms with Gasteiger partial charge in [0.2, 0.25) is 0 Å². The molecule has 0 aliphatic rings. The average Bonchev–Trinajstić information content (AvgIpc) is 2.32. The second-order valence-corrected chi connectivity index (χ2v) is 6.27. The summed E-state index contributed by atoms with van der Waals surface area (Å²) in [6, 6.07) is 13.7. The third kappa shape index (κ3) is 3.29. The third-order valence-electron chi connectivity index (χ3n) is 2.49. The Bertz CT molecular complexity index is 557. The Kier molecular flexibility index (Phi) is 4.73. The zero-order chi connectivity index (χ0) is 13.1. The van der Waals surface area contributed by atoms with Crippen molar-refractivity contribution >= 4 is 39.3 Å². The molecule has 0 fully saturated rings. The van der Waals surface area contributed by atoms with E-state index >= 15 is 0 Å². The Hall–Kier alpha value is -0.480. The predicted molar refractivity (Wildman–Crippen MR) is 80.4 cm³/mol. The van der Waals surface area contributed by atoms with Crippen molar-refractivity contribution in [1.82, 2.24) is 0 Å². The molecule has 0 aliphatic heterocycles. The lowest BCUT2D eigenvalue weighted by atomic mass is 10.1. The van der Waals surface area contributed by atoms with E-state index in [0.717, 1.165) is 24.8 Å². The zero-order valence-corrected chi connectivity index (χ0v) is 12.9. The van der Waals surface area contributed by atoms with E-state index in [1.54, 1.807) is 18.7 Å². The molecule has 94 valence electrons. The second-order valence-electron chi connectivity index (χ2n) is 3.89. The van der Waals surface area contributed by atoms with Gasteiger partial charge in [0, 0.05) is 14.3 Å². The molecule has 0 saturated carbocycles. The van der Waals surface area contributed by atoms with E-state index in [1.165, 1.54) is 0 Å². The fourth-order valence-electron chi connectivity index (χ4n) is 1.56. The van der Waals surface area contributed by atoms with Crippen molar-refractivity contribution in [1.29, 1.82) is 0 Å². The van der Waals surface area contributed by atoms with Gasteiger partial charge >= 0.3 is 0 Å². The van der Waals surface area contributed by atoms with Gasteiger partial charge in [-0.05, 0) is 36.8 Å². The summed E-state index contributed by atoms with van der Waals surface area (Å²) in [6.07, 6.45) is -0.473. The number of rotatable bonds is 3. The molecule has 0 bridgehead atoms. The molecule has 0 saturated heterocycles. The van der Waals surface area contributed by atoms with Gasteiger partial charge < -0.3 is 5.11 Å². The number of hydrogen-bond donors (Lipinski definition) is 1. The number of benzene rings is 2. The minimum absolute atomic E-state index is 0.473. The van der Waals surface area contributed by atoms with Gasteiger partial charge in [-0.3, -0.25) is 0 Å². The molecule has 2 aromatic rings. The van der Waals surface area contributed by atoms with Gasteiger partial charge in [-0.1, -0.05) is 57.5 Å². The first kappa shape index (κ1) is 13.9. The maximum absolute atomic E-state index is 9.57. The van der Waals surface area contributed by atoms with Crippen LogP contribution in [0.25, 0.3) is 0 Å². The van der Waals surface area contributed by atoms with Crippen LogP contribution in [0.2, 0.25) is 5.02 Å². The third-order valence-corrected chi connectivity index (χ3v) is 4.68. The van der Waals surface area contributed by atoms with Crippen molar-refractivity contribution in [2.45, 2.75) is 22.8 Å². The van der Waals surface area contributed by atoms with Gasteiger partial charge in [0.1, 0.15) is 0 Å². The Morgan fingerprint density at radius 1 is 1.22 bits per heavy atom. The van der Waals surface area contributed by atoms with Crippen molar-refractivity contribution in [3.8, 4) is 0 Å². The van der Waals surface area contributed by atoms with Crippen molar-refractivity contribution in [2.75, 3.05) is 0 Å². The van der Waals surface area contributed by atoms with Gasteiger partial charge in [0.15, 0.2) is 0 Å². The maximum atomic E-state index is 9.57. The predicted octanol–water partition coefficient (Wildman–Crippen LogP) is 5.31. The molecule has 0 heterocycles. The molecule has 18 heavy (non-hydrogen) atoms. The Balaban J connectivity index is 2.26. The van der Waals surface area contributed by atoms with Gasteiger partial charge in [0.05, 0.1) is 11.1 Å². The molecular weight excluding hydrogens is 332 g/mol. The highest BCUT2D eigenvalue weighted by atomic mass is 79.9. The van der Waals surface area contributed by atoms with Gasteiger partial charge in [0.25, 0.3) is 0 Å². The van der Waals surface area contributed by atoms with Crippen LogP contribution in [0, 0.1) is 0 Å². The minimum atomic E-state index is -0.473. The largest absolute Gasteiger partial charge is 0.389 e. The van der Waals surface area contributed by atoms with Crippen LogP contribution in [0.3, 0.4) is 0 Å². The van der Waals surface area contributed by atoms with E-state index in [-0.39, 0.29) is 0 Å². The van der Waals surface area contributed by atoms with Crippen LogP contribution in [0.5, 0.6) is 0 Å². The van der Waals surface area contributed by atoms with E-state index in [4.69, 9.17) is 11.6 Å². The summed E-state index contributed by atoms with van der Waals surface area (Å²) in [7, 11) is 0. The van der Waals surface area contributed by atoms with E-state index in [1.807, 2.05) is 42.5 Å². The van der Waals surface area contributed by atoms with Crippen LogP contribution in [-0.4, -0.2) is 5.11 Å². The number of hydrogen-bond acceptors (Lipinski definition) is 2. The summed E-state index contributed by atoms with van der Waals surface area (Å²) in [5.41, 5.74) is 0.888. The highest BCUT2D eigenvalue weighted by Gasteiger charge is 2.08. The summed E-state index contributed by atoms with van der Waals surface area (Å²) in [4.78, 5) is 2.11. The average molecular weight is 344 g/mol. The number of aliphatic hydroxyl groups excluding tert-OH is 1. The minimum Gasteiger partial charge on any atom is -0.389 e. The van der Waals surface area contributed by atoms with Crippen molar-refractivity contribution in [2.24, 2.45) is 0 Å². The quantitative estimate of drug-likeness (QED) is 0.815. The molecule has 1 atom stereocenters. The highest BCUT2D eigenvalue weighted by Crippen LogP contribution is 2.35. The number of aliphatic hydroxyl groups is 1.